The number of pyridine rings is 1. The molecule has 0 radical (unpaired) electrons. The molecule has 0 spiro atoms. The first-order valence-corrected chi connectivity index (χ1v) is 7.88. The molecule has 1 amide bonds. The Balaban J connectivity index is 2.17. The summed E-state index contributed by atoms with van der Waals surface area (Å²) in [4.78, 5) is 23.7. The van der Waals surface area contributed by atoms with Gasteiger partial charge in [-0.25, -0.2) is 28.8 Å². The number of carbonyl (C=O) groups excluding carboxylic acids is 1. The number of carbonyl (C=O) groups is 1. The summed E-state index contributed by atoms with van der Waals surface area (Å²) in [6.07, 6.45) is -3.10. The van der Waals surface area contributed by atoms with Gasteiger partial charge in [-0.15, -0.1) is 0 Å². The van der Waals surface area contributed by atoms with E-state index in [4.69, 9.17) is 26.2 Å². The lowest BCUT2D eigenvalue weighted by atomic mass is 10.2. The molecule has 31 heavy (non-hydrogen) atoms. The highest BCUT2D eigenvalue weighted by atomic mass is 19.1. The highest BCUT2D eigenvalue weighted by molar-refractivity contribution is 5.96. The summed E-state index contributed by atoms with van der Waals surface area (Å²) in [5.41, 5.74) is -5.26. The molecule has 4 rings (SSSR count). The van der Waals surface area contributed by atoms with E-state index in [0.717, 1.165) is 0 Å². The third-order valence-electron chi connectivity index (χ3n) is 3.68. The summed E-state index contributed by atoms with van der Waals surface area (Å²) in [6.45, 7) is -7.17. The van der Waals surface area contributed by atoms with Crippen LogP contribution in [0.1, 0.15) is 26.1 Å². The zero-order chi connectivity index (χ0) is 38.2. The largest absolute Gasteiger partial charge is 0.452 e. The van der Waals surface area contributed by atoms with E-state index in [1.165, 1.54) is 0 Å². The molecule has 0 unspecified atom stereocenters. The average Bonchev–Trinajstić information content (AvgIpc) is 3.36. The third kappa shape index (κ3) is 3.56. The molecule has 3 aromatic heterocycles. The first kappa shape index (κ1) is 7.45. The summed E-state index contributed by atoms with van der Waals surface area (Å²) in [7, 11) is -3.54. The van der Waals surface area contributed by atoms with Crippen molar-refractivity contribution in [2.24, 2.45) is 0 Å². The maximum Gasteiger partial charge on any atom is 0.413 e. The molecule has 158 valence electrons. The van der Waals surface area contributed by atoms with Crippen molar-refractivity contribution >= 4 is 34.4 Å². The average molecular weight is 442 g/mol. The SMILES string of the molecule is [2H]c1nc2c(c(-c3nc(N([2H])[2H])c(N(C(=O)OC([2H])([2H])[2H])C([2H])([2H])[2H])c(N([2H])[2H])n3)nn2C([2H])([2H])c2c([2H])c([2H])c([2H])c([2H])c2F)c([2H])c1[2H]. The van der Waals surface area contributed by atoms with E-state index in [1.807, 2.05) is 0 Å². The van der Waals surface area contributed by atoms with Crippen LogP contribution in [0, 0.1) is 5.82 Å². The molecule has 0 saturated heterocycles. The maximum atomic E-state index is 15.3. The summed E-state index contributed by atoms with van der Waals surface area (Å²) >= 11 is 0. The number of methoxy groups -OCH3 is 1. The van der Waals surface area contributed by atoms with E-state index in [9.17, 15) is 4.79 Å². The van der Waals surface area contributed by atoms with Gasteiger partial charge in [0.1, 0.15) is 17.2 Å². The fraction of sp³-hybridized carbons (Fsp3) is 0.150. The smallest absolute Gasteiger partial charge is 0.413 e. The van der Waals surface area contributed by atoms with Gasteiger partial charge >= 0.3 is 6.09 Å². The Kier molecular flexibility index (Phi) is 1.89. The Morgan fingerprint density at radius 2 is 2.13 bits per heavy atom. The van der Waals surface area contributed by atoms with Crippen molar-refractivity contribution in [1.29, 1.82) is 0 Å². The monoisotopic (exact) mass is 441 g/mol. The van der Waals surface area contributed by atoms with Crippen LogP contribution < -0.4 is 16.3 Å². The Labute approximate surface area is 203 Å². The summed E-state index contributed by atoms with van der Waals surface area (Å²) < 4.78 is 170. The molecule has 10 nitrogen and oxygen atoms in total. The summed E-state index contributed by atoms with van der Waals surface area (Å²) in [5, 5.41) is 3.19. The fourth-order valence-corrected chi connectivity index (χ4v) is 2.39. The number of nitrogens with zero attached hydrogens (tertiary/aromatic N) is 6. The molecule has 0 aliphatic rings. The molecule has 1 aromatic carbocycles. The number of aromatic nitrogens is 5. The first-order valence-electron chi connectivity index (χ1n) is 17.2. The van der Waals surface area contributed by atoms with E-state index < -0.39 is 137 Å². The van der Waals surface area contributed by atoms with Crippen LogP contribution >= 0.6 is 0 Å². The fourth-order valence-electron chi connectivity index (χ4n) is 2.39. The number of hydrogen-bond donors (Lipinski definition) is 2. The quantitative estimate of drug-likeness (QED) is 0.465. The predicted octanol–water partition coefficient (Wildman–Crippen LogP) is 2.44. The van der Waals surface area contributed by atoms with Gasteiger partial charge in [-0.3, -0.25) is 4.90 Å². The van der Waals surface area contributed by atoms with Crippen LogP contribution in [-0.4, -0.2) is 44.8 Å². The number of amides is 1. The maximum absolute atomic E-state index is 15.3. The first-order chi connectivity index (χ1) is 22.7. The van der Waals surface area contributed by atoms with Crippen LogP contribution in [0.3, 0.4) is 0 Å². The number of rotatable bonds is 6. The summed E-state index contributed by atoms with van der Waals surface area (Å²) in [6, 6.07) is -6.43. The van der Waals surface area contributed by atoms with Gasteiger partial charge in [0.2, 0.25) is 0 Å². The van der Waals surface area contributed by atoms with E-state index in [2.05, 4.69) is 24.8 Å². The number of halogens is 1. The van der Waals surface area contributed by atoms with Crippen LogP contribution in [0.5, 0.6) is 0 Å². The van der Waals surface area contributed by atoms with Crippen molar-refractivity contribution < 1.29 is 40.1 Å². The highest BCUT2D eigenvalue weighted by Crippen LogP contribution is 2.32. The molecular weight excluding hydrogens is 403 g/mol. The molecule has 0 fully saturated rings. The lowest BCUT2D eigenvalue weighted by Crippen LogP contribution is -2.28. The number of nitrogens with two attached hydrogens (primary N) is 2. The second kappa shape index (κ2) is 7.86. The van der Waals surface area contributed by atoms with Crippen molar-refractivity contribution in [3.63, 3.8) is 0 Å². The molecule has 4 aromatic rings. The second-order valence-corrected chi connectivity index (χ2v) is 5.48. The van der Waals surface area contributed by atoms with E-state index in [0.29, 0.717) is 0 Å². The molecule has 11 heteroatoms. The number of anilines is 3. The standard InChI is InChI=1S/C20H19FN8O2/c1-28(20(30)31-2)15-16(22)25-18(26-17(15)23)14-12-7-5-9-24-19(12)29(27-14)10-11-6-3-4-8-13(11)21/h3-9H,10H2,1-2H3,(H4,22,23,25,26)/i1D3,2D3,3D,4D,5D,6D,7D,8D,9D,10D2/hD4. The molecule has 0 aliphatic heterocycles. The minimum atomic E-state index is -3.71. The predicted molar refractivity (Wildman–Crippen MR) is 114 cm³/mol. The minimum absolute atomic E-state index is 0.156. The van der Waals surface area contributed by atoms with E-state index >= 15 is 4.39 Å². The Bertz CT molecular complexity index is 1980. The lowest BCUT2D eigenvalue weighted by molar-refractivity contribution is 0.180. The number of ether oxygens (including phenoxy) is 1. The molecule has 0 bridgehead atoms. The van der Waals surface area contributed by atoms with Crippen LogP contribution in [0.25, 0.3) is 22.6 Å². The molecule has 3 heterocycles. The Morgan fingerprint density at radius 1 is 1.32 bits per heavy atom. The molecular formula is C20H19FN8O2. The zero-order valence-corrected chi connectivity index (χ0v) is 14.8. The van der Waals surface area contributed by atoms with Gasteiger partial charge in [-0.05, 0) is 18.1 Å². The molecule has 0 aliphatic carbocycles. The van der Waals surface area contributed by atoms with Gasteiger partial charge in [0.15, 0.2) is 28.8 Å². The van der Waals surface area contributed by atoms with Crippen LogP contribution in [-0.2, 0) is 11.2 Å². The zero-order valence-electron chi connectivity index (χ0n) is 33.8. The van der Waals surface area contributed by atoms with Gasteiger partial charge in [0.25, 0.3) is 0 Å². The minimum Gasteiger partial charge on any atom is -0.452 e. The molecule has 4 N–H and O–H groups in total. The van der Waals surface area contributed by atoms with Crippen molar-refractivity contribution in [2.45, 2.75) is 6.50 Å². The number of nitrogen functional groups attached to an aromatic ring is 2. The summed E-state index contributed by atoms with van der Waals surface area (Å²) in [5.74, 6) is -5.31. The highest BCUT2D eigenvalue weighted by Gasteiger charge is 2.23. The van der Waals surface area contributed by atoms with Gasteiger partial charge in [-0.2, -0.15) is 5.10 Å². The second-order valence-electron chi connectivity index (χ2n) is 5.48. The van der Waals surface area contributed by atoms with Gasteiger partial charge < -0.3 is 16.2 Å². The number of benzene rings is 1. The number of fused-ring (bicyclic) bond motifs is 1. The van der Waals surface area contributed by atoms with Gasteiger partial charge in [0.05, 0.1) is 35.4 Å². The van der Waals surface area contributed by atoms with E-state index in [-0.39, 0.29) is 4.68 Å². The Morgan fingerprint density at radius 3 is 2.87 bits per heavy atom. The van der Waals surface area contributed by atoms with Crippen LogP contribution in [0.4, 0.5) is 26.5 Å². The van der Waals surface area contributed by atoms with Gasteiger partial charge in [0, 0.05) is 22.8 Å². The van der Waals surface area contributed by atoms with Gasteiger partial charge in [-0.1, -0.05) is 18.1 Å². The van der Waals surface area contributed by atoms with Crippen LogP contribution in [0.2, 0.25) is 5.65 Å². The molecule has 0 saturated carbocycles. The number of hydrogen-bond acceptors (Lipinski definition) is 8. The van der Waals surface area contributed by atoms with Crippen molar-refractivity contribution in [2.75, 3.05) is 30.4 Å². The Hall–Kier alpha value is -4.28. The van der Waals surface area contributed by atoms with Crippen molar-refractivity contribution in [3.05, 3.63) is 53.8 Å². The van der Waals surface area contributed by atoms with Crippen molar-refractivity contribution in [1.82, 2.24) is 24.7 Å². The molecule has 0 atom stereocenters. The lowest BCUT2D eigenvalue weighted by Gasteiger charge is -2.18. The normalized spacial score (nSPS) is 20.7. The third-order valence-corrected chi connectivity index (χ3v) is 3.68. The topological polar surface area (TPSA) is 138 Å². The van der Waals surface area contributed by atoms with Crippen molar-refractivity contribution in [3.8, 4) is 11.5 Å². The van der Waals surface area contributed by atoms with Crippen LogP contribution in [0.15, 0.2) is 42.4 Å². The van der Waals surface area contributed by atoms with E-state index in [1.54, 1.807) is 0 Å².